The number of likely N-dealkylation sites (N-methyl/N-ethyl adjacent to an activating group) is 2. The number of nitrogens with zero attached hydrogens (tertiary/aromatic N) is 3. The minimum atomic E-state index is -0.630. The molecule has 0 aliphatic carbocycles. The second kappa shape index (κ2) is 37.0. The van der Waals surface area contributed by atoms with E-state index in [-0.39, 0.29) is 19.3 Å². The van der Waals surface area contributed by atoms with Gasteiger partial charge in [-0.1, -0.05) is 89.5 Å². The van der Waals surface area contributed by atoms with Crippen molar-refractivity contribution in [3.05, 3.63) is 24.3 Å². The number of unbranched alkanes of at least 4 members (excludes halogenated alkanes) is 14. The molecule has 51 heavy (non-hydrogen) atoms. The van der Waals surface area contributed by atoms with Gasteiger partial charge < -0.3 is 38.4 Å². The highest BCUT2D eigenvalue weighted by Crippen LogP contribution is 2.09. The van der Waals surface area contributed by atoms with E-state index in [9.17, 15) is 14.4 Å². The third kappa shape index (κ3) is 35.4. The molecule has 0 fully saturated rings. The molecule has 0 heterocycles. The second-order valence-corrected chi connectivity index (χ2v) is 13.5. The van der Waals surface area contributed by atoms with E-state index < -0.39 is 12.3 Å². The Bertz CT molecular complexity index is 832. The van der Waals surface area contributed by atoms with Crippen LogP contribution in [0.4, 0.5) is 14.4 Å². The molecule has 0 radical (unpaired) electrons. The number of carbonyl (C=O) groups is 3. The van der Waals surface area contributed by atoms with E-state index in [4.69, 9.17) is 23.7 Å². The lowest BCUT2D eigenvalue weighted by atomic mass is 10.1. The molecule has 11 heteroatoms. The van der Waals surface area contributed by atoms with Gasteiger partial charge in [-0.3, -0.25) is 0 Å². The van der Waals surface area contributed by atoms with E-state index >= 15 is 0 Å². The van der Waals surface area contributed by atoms with Crippen LogP contribution in [-0.2, 0) is 23.7 Å². The summed E-state index contributed by atoms with van der Waals surface area (Å²) in [5.41, 5.74) is 0. The first-order valence-electron chi connectivity index (χ1n) is 19.9. The zero-order valence-corrected chi connectivity index (χ0v) is 33.2. The van der Waals surface area contributed by atoms with Crippen molar-refractivity contribution in [2.24, 2.45) is 0 Å². The molecule has 0 saturated carbocycles. The van der Waals surface area contributed by atoms with Gasteiger partial charge in [0.2, 0.25) is 0 Å². The Morgan fingerprint density at radius 3 is 1.39 bits per heavy atom. The first-order chi connectivity index (χ1) is 24.8. The number of amides is 1. The zero-order chi connectivity index (χ0) is 37.6. The maximum absolute atomic E-state index is 13.0. The summed E-state index contributed by atoms with van der Waals surface area (Å²) in [6.07, 6.45) is 24.9. The number of carbonyl (C=O) groups excluding carboxylic acids is 3. The minimum absolute atomic E-state index is 0.241. The number of hydrogen-bond donors (Lipinski definition) is 0. The Morgan fingerprint density at radius 1 is 0.451 bits per heavy atom. The Kier molecular flexibility index (Phi) is 35.0. The van der Waals surface area contributed by atoms with Crippen LogP contribution in [0.3, 0.4) is 0 Å². The molecule has 0 aliphatic rings. The number of rotatable bonds is 34. The van der Waals surface area contributed by atoms with Crippen molar-refractivity contribution in [1.82, 2.24) is 14.7 Å². The average molecular weight is 726 g/mol. The highest BCUT2D eigenvalue weighted by Gasteiger charge is 2.15. The predicted molar refractivity (Wildman–Crippen MR) is 206 cm³/mol. The summed E-state index contributed by atoms with van der Waals surface area (Å²) >= 11 is 0. The largest absolute Gasteiger partial charge is 0.508 e. The van der Waals surface area contributed by atoms with E-state index in [1.54, 1.807) is 4.90 Å². The van der Waals surface area contributed by atoms with Gasteiger partial charge in [0.05, 0.1) is 13.2 Å². The molecule has 0 aromatic heterocycles. The molecule has 1 amide bonds. The van der Waals surface area contributed by atoms with Crippen LogP contribution < -0.4 is 0 Å². The maximum Gasteiger partial charge on any atom is 0.508 e. The van der Waals surface area contributed by atoms with Crippen LogP contribution in [0.2, 0.25) is 0 Å². The molecule has 11 nitrogen and oxygen atoms in total. The normalized spacial score (nSPS) is 11.5. The SMILES string of the molecule is CCCCCC/C=C\COC(=O)OCCCCCCN(CCCCCCOC(=O)OC/C=C\CCCCCC)C(=O)OCCN(C)CCN(C)C. The fourth-order valence-corrected chi connectivity index (χ4v) is 5.05. The zero-order valence-electron chi connectivity index (χ0n) is 33.2. The van der Waals surface area contributed by atoms with E-state index in [0.29, 0.717) is 39.5 Å². The predicted octanol–water partition coefficient (Wildman–Crippen LogP) is 9.40. The smallest absolute Gasteiger partial charge is 0.448 e. The van der Waals surface area contributed by atoms with Crippen LogP contribution in [0.5, 0.6) is 0 Å². The molecule has 0 atom stereocenters. The Hall–Kier alpha value is -2.79. The number of allylic oxidation sites excluding steroid dienone is 2. The summed E-state index contributed by atoms with van der Waals surface area (Å²) in [5.74, 6) is 0. The summed E-state index contributed by atoms with van der Waals surface area (Å²) in [6.45, 7) is 9.64. The quantitative estimate of drug-likeness (QED) is 0.0276. The summed E-state index contributed by atoms with van der Waals surface area (Å²) in [7, 11) is 6.12. The van der Waals surface area contributed by atoms with Crippen molar-refractivity contribution in [2.75, 3.05) is 86.9 Å². The molecule has 0 unspecified atom stereocenters. The molecular weight excluding hydrogens is 650 g/mol. The standard InChI is InChI=1S/C40H75N3O8/c1-6-8-10-12-14-18-24-33-48-39(45)50-35-26-20-16-22-28-43(38(44)47-37-32-42(5)31-30-41(3)4)29-23-17-21-27-36-51-40(46)49-34-25-19-15-13-11-9-7-2/h18-19,24-25H,6-17,20-23,26-37H2,1-5H3/b24-18-,25-19-. The lowest BCUT2D eigenvalue weighted by molar-refractivity contribution is 0.0610. The Balaban J connectivity index is 4.29. The van der Waals surface area contributed by atoms with Gasteiger partial charge in [-0.05, 0) is 85.4 Å². The minimum Gasteiger partial charge on any atom is -0.448 e. The lowest BCUT2D eigenvalue weighted by Crippen LogP contribution is -2.36. The van der Waals surface area contributed by atoms with E-state index in [1.807, 2.05) is 33.3 Å². The third-order valence-electron chi connectivity index (χ3n) is 8.35. The van der Waals surface area contributed by atoms with Gasteiger partial charge in [-0.2, -0.15) is 0 Å². The average Bonchev–Trinajstić information content (AvgIpc) is 3.11. The number of hydrogen-bond acceptors (Lipinski definition) is 10. The van der Waals surface area contributed by atoms with Crippen LogP contribution in [-0.4, -0.2) is 120 Å². The first-order valence-corrected chi connectivity index (χ1v) is 19.9. The summed E-state index contributed by atoms with van der Waals surface area (Å²) in [5, 5.41) is 0. The van der Waals surface area contributed by atoms with Crippen LogP contribution in [0.15, 0.2) is 24.3 Å². The van der Waals surface area contributed by atoms with E-state index in [2.05, 4.69) is 35.8 Å². The Labute approximate surface area is 311 Å². The van der Waals surface area contributed by atoms with Crippen LogP contribution in [0.1, 0.15) is 129 Å². The van der Waals surface area contributed by atoms with Crippen molar-refractivity contribution in [2.45, 2.75) is 129 Å². The fourth-order valence-electron chi connectivity index (χ4n) is 5.05. The fraction of sp³-hybridized carbons (Fsp3) is 0.825. The first kappa shape index (κ1) is 48.2. The highest BCUT2D eigenvalue weighted by atomic mass is 16.7. The van der Waals surface area contributed by atoms with Gasteiger partial charge in [0, 0.05) is 32.7 Å². The lowest BCUT2D eigenvalue weighted by Gasteiger charge is -2.24. The molecule has 0 aliphatic heterocycles. The van der Waals surface area contributed by atoms with E-state index in [0.717, 1.165) is 90.1 Å². The molecule has 0 N–H and O–H groups in total. The van der Waals surface area contributed by atoms with Gasteiger partial charge in [0.25, 0.3) is 0 Å². The molecule has 298 valence electrons. The highest BCUT2D eigenvalue weighted by molar-refractivity contribution is 5.67. The van der Waals surface area contributed by atoms with Crippen molar-refractivity contribution < 1.29 is 38.1 Å². The van der Waals surface area contributed by atoms with Gasteiger partial charge in [0.1, 0.15) is 19.8 Å². The molecule has 0 aromatic rings. The van der Waals surface area contributed by atoms with Gasteiger partial charge in [0.15, 0.2) is 0 Å². The monoisotopic (exact) mass is 726 g/mol. The van der Waals surface area contributed by atoms with Crippen molar-refractivity contribution in [3.63, 3.8) is 0 Å². The summed E-state index contributed by atoms with van der Waals surface area (Å²) in [4.78, 5) is 42.7. The molecule has 0 spiro atoms. The Morgan fingerprint density at radius 2 is 0.922 bits per heavy atom. The van der Waals surface area contributed by atoms with Crippen molar-refractivity contribution in [3.8, 4) is 0 Å². The van der Waals surface area contributed by atoms with Crippen LogP contribution >= 0.6 is 0 Å². The molecule has 0 bridgehead atoms. The second-order valence-electron chi connectivity index (χ2n) is 13.5. The van der Waals surface area contributed by atoms with Gasteiger partial charge in [-0.25, -0.2) is 14.4 Å². The number of ether oxygens (including phenoxy) is 5. The molecule has 0 saturated heterocycles. The van der Waals surface area contributed by atoms with Crippen molar-refractivity contribution in [1.29, 1.82) is 0 Å². The topological polar surface area (TPSA) is 107 Å². The molecule has 0 aromatic carbocycles. The maximum atomic E-state index is 13.0. The van der Waals surface area contributed by atoms with Crippen LogP contribution in [0.25, 0.3) is 0 Å². The molecule has 0 rings (SSSR count). The van der Waals surface area contributed by atoms with Crippen LogP contribution in [0, 0.1) is 0 Å². The van der Waals surface area contributed by atoms with E-state index in [1.165, 1.54) is 38.5 Å². The van der Waals surface area contributed by atoms with Gasteiger partial charge in [-0.15, -0.1) is 0 Å². The van der Waals surface area contributed by atoms with Crippen molar-refractivity contribution >= 4 is 18.4 Å². The summed E-state index contributed by atoms with van der Waals surface area (Å²) < 4.78 is 26.2. The molecular formula is C40H75N3O8. The third-order valence-corrected chi connectivity index (χ3v) is 8.35. The summed E-state index contributed by atoms with van der Waals surface area (Å²) in [6, 6.07) is 0. The van der Waals surface area contributed by atoms with Gasteiger partial charge >= 0.3 is 18.4 Å².